The van der Waals surface area contributed by atoms with Gasteiger partial charge in [-0.05, 0) is 18.2 Å². The van der Waals surface area contributed by atoms with Crippen molar-refractivity contribution in [3.8, 4) is 0 Å². The summed E-state index contributed by atoms with van der Waals surface area (Å²) in [6.45, 7) is 0.0247. The first-order valence-electron chi connectivity index (χ1n) is 5.66. The lowest BCUT2D eigenvalue weighted by Gasteiger charge is -2.10. The molecule has 0 aliphatic heterocycles. The van der Waals surface area contributed by atoms with Crippen molar-refractivity contribution in [3.05, 3.63) is 41.6 Å². The first-order valence-corrected chi connectivity index (χ1v) is 7.15. The van der Waals surface area contributed by atoms with Crippen LogP contribution in [0.3, 0.4) is 0 Å². The molecule has 1 aromatic heterocycles. The molecule has 2 aromatic rings. The lowest BCUT2D eigenvalue weighted by molar-refractivity contribution is -0.137. The number of H-pyrrole nitrogens is 1. The van der Waals surface area contributed by atoms with E-state index in [0.717, 1.165) is 18.2 Å². The van der Waals surface area contributed by atoms with Crippen LogP contribution in [-0.4, -0.2) is 18.6 Å². The number of nitrogens with two attached hydrogens (primary N) is 1. The summed E-state index contributed by atoms with van der Waals surface area (Å²) in [5.74, 6) is 0.0231. The zero-order chi connectivity index (χ0) is 15.7. The van der Waals surface area contributed by atoms with Gasteiger partial charge in [0.2, 0.25) is 0 Å². The number of alkyl halides is 3. The number of hydrogen-bond acceptors (Lipinski definition) is 4. The largest absolute Gasteiger partial charge is 0.416 e. The van der Waals surface area contributed by atoms with Gasteiger partial charge in [0.1, 0.15) is 5.82 Å². The molecule has 0 atom stereocenters. The fourth-order valence-electron chi connectivity index (χ4n) is 1.59. The second kappa shape index (κ2) is 5.37. The summed E-state index contributed by atoms with van der Waals surface area (Å²) < 4.78 is 64.1. The van der Waals surface area contributed by atoms with Crippen LogP contribution in [0.1, 0.15) is 11.1 Å². The predicted molar refractivity (Wildman–Crippen MR) is 68.7 cm³/mol. The van der Waals surface area contributed by atoms with Crippen LogP contribution < -0.4 is 10.5 Å². The average molecular weight is 320 g/mol. The van der Waals surface area contributed by atoms with Crippen molar-refractivity contribution >= 4 is 15.8 Å². The van der Waals surface area contributed by atoms with E-state index >= 15 is 0 Å². The van der Waals surface area contributed by atoms with E-state index in [-0.39, 0.29) is 12.4 Å². The topological polar surface area (TPSA) is 101 Å². The smallest absolute Gasteiger partial charge is 0.326 e. The van der Waals surface area contributed by atoms with E-state index < -0.39 is 26.7 Å². The number of hydrogen-bond donors (Lipinski definition) is 3. The van der Waals surface area contributed by atoms with Crippen LogP contribution in [0.5, 0.6) is 0 Å². The second-order valence-corrected chi connectivity index (χ2v) is 5.79. The Morgan fingerprint density at radius 1 is 1.33 bits per heavy atom. The lowest BCUT2D eigenvalue weighted by Crippen LogP contribution is -2.16. The van der Waals surface area contributed by atoms with Crippen molar-refractivity contribution in [1.29, 1.82) is 0 Å². The summed E-state index contributed by atoms with van der Waals surface area (Å²) in [6, 6.07) is 3.44. The van der Waals surface area contributed by atoms with Crippen molar-refractivity contribution in [2.24, 2.45) is 5.73 Å². The molecule has 21 heavy (non-hydrogen) atoms. The van der Waals surface area contributed by atoms with Crippen LogP contribution in [0, 0.1) is 0 Å². The van der Waals surface area contributed by atoms with Gasteiger partial charge in [-0.1, -0.05) is 6.07 Å². The van der Waals surface area contributed by atoms with Crippen LogP contribution in [0.2, 0.25) is 0 Å². The molecule has 1 heterocycles. The molecule has 1 aromatic carbocycles. The normalized spacial score (nSPS) is 12.4. The van der Waals surface area contributed by atoms with Crippen molar-refractivity contribution in [2.75, 3.05) is 4.72 Å². The SMILES string of the molecule is NCc1cn[nH]c1NS(=O)(=O)c1cccc(C(F)(F)F)c1. The predicted octanol–water partition coefficient (Wildman–Crippen LogP) is 1.69. The third-order valence-electron chi connectivity index (χ3n) is 2.65. The zero-order valence-corrected chi connectivity index (χ0v) is 11.3. The summed E-state index contributed by atoms with van der Waals surface area (Å²) >= 11 is 0. The maximum atomic E-state index is 12.6. The first kappa shape index (κ1) is 15.3. The van der Waals surface area contributed by atoms with Crippen molar-refractivity contribution < 1.29 is 21.6 Å². The number of aromatic nitrogens is 2. The van der Waals surface area contributed by atoms with Crippen molar-refractivity contribution in [3.63, 3.8) is 0 Å². The third kappa shape index (κ3) is 3.34. The van der Waals surface area contributed by atoms with Crippen LogP contribution in [0.4, 0.5) is 19.0 Å². The quantitative estimate of drug-likeness (QED) is 0.798. The molecule has 0 aliphatic carbocycles. The number of halogens is 3. The van der Waals surface area contributed by atoms with E-state index in [1.54, 1.807) is 0 Å². The molecule has 0 saturated heterocycles. The molecule has 114 valence electrons. The summed E-state index contributed by atoms with van der Waals surface area (Å²) in [4.78, 5) is -0.505. The van der Waals surface area contributed by atoms with E-state index in [4.69, 9.17) is 5.73 Å². The molecule has 0 aliphatic rings. The van der Waals surface area contributed by atoms with E-state index in [9.17, 15) is 21.6 Å². The third-order valence-corrected chi connectivity index (χ3v) is 3.99. The number of nitrogens with zero attached hydrogens (tertiary/aromatic N) is 1. The van der Waals surface area contributed by atoms with E-state index in [2.05, 4.69) is 14.9 Å². The number of aromatic amines is 1. The van der Waals surface area contributed by atoms with E-state index in [1.807, 2.05) is 0 Å². The molecule has 0 spiro atoms. The molecular formula is C11H11F3N4O2S. The molecular weight excluding hydrogens is 309 g/mol. The lowest BCUT2D eigenvalue weighted by atomic mass is 10.2. The van der Waals surface area contributed by atoms with Crippen LogP contribution >= 0.6 is 0 Å². The maximum Gasteiger partial charge on any atom is 0.416 e. The highest BCUT2D eigenvalue weighted by atomic mass is 32.2. The minimum Gasteiger partial charge on any atom is -0.326 e. The summed E-state index contributed by atoms with van der Waals surface area (Å²) in [5, 5.41) is 6.00. The molecule has 2 rings (SSSR count). The van der Waals surface area contributed by atoms with Gasteiger partial charge in [-0.2, -0.15) is 18.3 Å². The minimum absolute atomic E-state index is 0.0231. The van der Waals surface area contributed by atoms with Crippen molar-refractivity contribution in [1.82, 2.24) is 10.2 Å². The van der Waals surface area contributed by atoms with Gasteiger partial charge in [0.05, 0.1) is 16.7 Å². The van der Waals surface area contributed by atoms with Gasteiger partial charge in [0, 0.05) is 12.1 Å². The van der Waals surface area contributed by atoms with Gasteiger partial charge in [-0.3, -0.25) is 9.82 Å². The Morgan fingerprint density at radius 2 is 2.05 bits per heavy atom. The highest BCUT2D eigenvalue weighted by molar-refractivity contribution is 7.92. The van der Waals surface area contributed by atoms with Gasteiger partial charge in [0.15, 0.2) is 0 Å². The maximum absolute atomic E-state index is 12.6. The molecule has 0 amide bonds. The first-order chi connectivity index (χ1) is 9.74. The standard InChI is InChI=1S/C11H11F3N4O2S/c12-11(13,14)8-2-1-3-9(4-8)21(19,20)18-10-7(5-15)6-16-17-10/h1-4,6H,5,15H2,(H2,16,17,18). The van der Waals surface area contributed by atoms with Gasteiger partial charge in [-0.25, -0.2) is 8.42 Å². The van der Waals surface area contributed by atoms with E-state index in [0.29, 0.717) is 11.6 Å². The summed E-state index contributed by atoms with van der Waals surface area (Å²) in [7, 11) is -4.18. The molecule has 0 unspecified atom stereocenters. The van der Waals surface area contributed by atoms with Crippen molar-refractivity contribution in [2.45, 2.75) is 17.6 Å². The summed E-state index contributed by atoms with van der Waals surface area (Å²) in [5.41, 5.74) is 4.74. The van der Waals surface area contributed by atoms with Gasteiger partial charge >= 0.3 is 6.18 Å². The van der Waals surface area contributed by atoms with E-state index in [1.165, 1.54) is 6.20 Å². The molecule has 10 heteroatoms. The Hall–Kier alpha value is -2.07. The van der Waals surface area contributed by atoms with Gasteiger partial charge in [0.25, 0.3) is 10.0 Å². The Labute approximate surface area is 118 Å². The Kier molecular flexibility index (Phi) is 3.92. The highest BCUT2D eigenvalue weighted by Crippen LogP contribution is 2.30. The fourth-order valence-corrected chi connectivity index (χ4v) is 2.69. The molecule has 0 radical (unpaired) electrons. The summed E-state index contributed by atoms with van der Waals surface area (Å²) in [6.07, 6.45) is -3.30. The Balaban J connectivity index is 2.36. The van der Waals surface area contributed by atoms with Gasteiger partial charge < -0.3 is 5.73 Å². The molecule has 4 N–H and O–H groups in total. The second-order valence-electron chi connectivity index (χ2n) is 4.11. The molecule has 0 bridgehead atoms. The minimum atomic E-state index is -4.62. The molecule has 0 saturated carbocycles. The molecule has 0 fully saturated rings. The zero-order valence-electron chi connectivity index (χ0n) is 10.5. The highest BCUT2D eigenvalue weighted by Gasteiger charge is 2.31. The van der Waals surface area contributed by atoms with Gasteiger partial charge in [-0.15, -0.1) is 0 Å². The van der Waals surface area contributed by atoms with Crippen LogP contribution in [-0.2, 0) is 22.7 Å². The van der Waals surface area contributed by atoms with Crippen LogP contribution in [0.15, 0.2) is 35.4 Å². The molecule has 6 nitrogen and oxygen atoms in total. The van der Waals surface area contributed by atoms with Crippen LogP contribution in [0.25, 0.3) is 0 Å². The number of anilines is 1. The number of benzene rings is 1. The number of nitrogens with one attached hydrogen (secondary N) is 2. The average Bonchev–Trinajstić information content (AvgIpc) is 2.84. The fraction of sp³-hybridized carbons (Fsp3) is 0.182. The monoisotopic (exact) mass is 320 g/mol. The Bertz CT molecular complexity index is 740. The Morgan fingerprint density at radius 3 is 2.67 bits per heavy atom. The number of sulfonamides is 1. The number of rotatable bonds is 4.